The van der Waals surface area contributed by atoms with E-state index in [4.69, 9.17) is 10.3 Å². The van der Waals surface area contributed by atoms with Gasteiger partial charge in [-0.05, 0) is 23.8 Å². The Morgan fingerprint density at radius 3 is 2.76 bits per heavy atom. The second-order valence-electron chi connectivity index (χ2n) is 4.49. The van der Waals surface area contributed by atoms with Crippen molar-refractivity contribution in [3.63, 3.8) is 0 Å². The molecule has 1 heterocycles. The van der Waals surface area contributed by atoms with Crippen LogP contribution in [-0.4, -0.2) is 10.1 Å². The summed E-state index contributed by atoms with van der Waals surface area (Å²) in [7, 11) is 0. The highest BCUT2D eigenvalue weighted by atomic mass is 79.9. The molecule has 4 nitrogen and oxygen atoms in total. The Morgan fingerprint density at radius 2 is 1.95 bits per heavy atom. The Kier molecular flexibility index (Phi) is 3.70. The SMILES string of the molecule is Nc1c(F)cccc1-c1nc(Cc2ccccc2Br)no1. The zero-order valence-corrected chi connectivity index (χ0v) is 12.5. The Morgan fingerprint density at radius 1 is 1.14 bits per heavy atom. The fraction of sp³-hybridized carbons (Fsp3) is 0.0667. The highest BCUT2D eigenvalue weighted by Gasteiger charge is 2.14. The van der Waals surface area contributed by atoms with E-state index in [2.05, 4.69) is 26.1 Å². The maximum absolute atomic E-state index is 13.5. The molecule has 0 aliphatic rings. The summed E-state index contributed by atoms with van der Waals surface area (Å²) >= 11 is 3.47. The smallest absolute Gasteiger partial charge is 0.260 e. The van der Waals surface area contributed by atoms with E-state index in [1.54, 1.807) is 12.1 Å². The first-order valence-electron chi connectivity index (χ1n) is 6.25. The molecule has 106 valence electrons. The first kappa shape index (κ1) is 13.8. The first-order valence-corrected chi connectivity index (χ1v) is 7.05. The number of hydrogen-bond donors (Lipinski definition) is 1. The summed E-state index contributed by atoms with van der Waals surface area (Å²) in [5, 5.41) is 3.91. The number of halogens is 2. The molecule has 0 aliphatic heterocycles. The van der Waals surface area contributed by atoms with Crippen molar-refractivity contribution in [1.82, 2.24) is 10.1 Å². The lowest BCUT2D eigenvalue weighted by Crippen LogP contribution is -1.95. The van der Waals surface area contributed by atoms with Crippen molar-refractivity contribution in [2.45, 2.75) is 6.42 Å². The third-order valence-corrected chi connectivity index (χ3v) is 3.83. The number of para-hydroxylation sites is 1. The van der Waals surface area contributed by atoms with Crippen LogP contribution in [0.2, 0.25) is 0 Å². The maximum atomic E-state index is 13.5. The zero-order chi connectivity index (χ0) is 14.8. The molecule has 0 aliphatic carbocycles. The molecule has 0 spiro atoms. The summed E-state index contributed by atoms with van der Waals surface area (Å²) < 4.78 is 19.6. The van der Waals surface area contributed by atoms with Crippen LogP contribution in [0.15, 0.2) is 51.5 Å². The number of anilines is 1. The minimum Gasteiger partial charge on any atom is -0.396 e. The molecule has 21 heavy (non-hydrogen) atoms. The zero-order valence-electron chi connectivity index (χ0n) is 10.9. The van der Waals surface area contributed by atoms with Crippen molar-refractivity contribution in [3.05, 3.63) is 64.1 Å². The third kappa shape index (κ3) is 2.80. The third-order valence-electron chi connectivity index (χ3n) is 3.06. The average molecular weight is 348 g/mol. The molecule has 0 radical (unpaired) electrons. The fourth-order valence-corrected chi connectivity index (χ4v) is 2.40. The van der Waals surface area contributed by atoms with Crippen molar-refractivity contribution in [3.8, 4) is 11.5 Å². The lowest BCUT2D eigenvalue weighted by molar-refractivity contribution is 0.424. The van der Waals surface area contributed by atoms with Crippen molar-refractivity contribution < 1.29 is 8.91 Å². The fourth-order valence-electron chi connectivity index (χ4n) is 1.97. The van der Waals surface area contributed by atoms with E-state index in [9.17, 15) is 4.39 Å². The van der Waals surface area contributed by atoms with Crippen molar-refractivity contribution in [2.24, 2.45) is 0 Å². The molecular formula is C15H11BrFN3O. The van der Waals surface area contributed by atoms with Gasteiger partial charge in [0.1, 0.15) is 5.82 Å². The predicted octanol–water partition coefficient (Wildman–Crippen LogP) is 3.81. The molecule has 0 atom stereocenters. The summed E-state index contributed by atoms with van der Waals surface area (Å²) in [6, 6.07) is 12.3. The molecule has 2 aromatic carbocycles. The van der Waals surface area contributed by atoms with Crippen LogP contribution in [0.3, 0.4) is 0 Å². The predicted molar refractivity (Wildman–Crippen MR) is 81.1 cm³/mol. The molecule has 0 saturated carbocycles. The number of nitrogen functional groups attached to an aromatic ring is 1. The average Bonchev–Trinajstić information content (AvgIpc) is 2.93. The summed E-state index contributed by atoms with van der Waals surface area (Å²) in [6.45, 7) is 0. The molecule has 3 aromatic rings. The minimum absolute atomic E-state index is 0.00796. The van der Waals surface area contributed by atoms with Gasteiger partial charge in [0.2, 0.25) is 0 Å². The van der Waals surface area contributed by atoms with Crippen LogP contribution >= 0.6 is 15.9 Å². The number of hydrogen-bond acceptors (Lipinski definition) is 4. The van der Waals surface area contributed by atoms with Crippen molar-refractivity contribution in [1.29, 1.82) is 0 Å². The lowest BCUT2D eigenvalue weighted by atomic mass is 10.1. The second kappa shape index (κ2) is 5.65. The molecule has 6 heteroatoms. The number of benzene rings is 2. The molecule has 0 saturated heterocycles. The molecule has 3 rings (SSSR count). The van der Waals surface area contributed by atoms with E-state index >= 15 is 0 Å². The van der Waals surface area contributed by atoms with Gasteiger partial charge >= 0.3 is 0 Å². The van der Waals surface area contributed by atoms with Gasteiger partial charge in [0.25, 0.3) is 5.89 Å². The van der Waals surface area contributed by atoms with Crippen LogP contribution in [-0.2, 0) is 6.42 Å². The monoisotopic (exact) mass is 347 g/mol. The van der Waals surface area contributed by atoms with Gasteiger partial charge in [-0.2, -0.15) is 4.98 Å². The van der Waals surface area contributed by atoms with Crippen molar-refractivity contribution >= 4 is 21.6 Å². The van der Waals surface area contributed by atoms with E-state index in [0.29, 0.717) is 17.8 Å². The van der Waals surface area contributed by atoms with Crippen LogP contribution in [0, 0.1) is 5.82 Å². The van der Waals surface area contributed by atoms with Gasteiger partial charge in [0, 0.05) is 10.9 Å². The first-order chi connectivity index (χ1) is 10.1. The second-order valence-corrected chi connectivity index (χ2v) is 5.34. The van der Waals surface area contributed by atoms with Gasteiger partial charge in [0.15, 0.2) is 5.82 Å². The summed E-state index contributed by atoms with van der Waals surface area (Å²) in [4.78, 5) is 4.27. The maximum Gasteiger partial charge on any atom is 0.260 e. The highest BCUT2D eigenvalue weighted by molar-refractivity contribution is 9.10. The molecular weight excluding hydrogens is 337 g/mol. The van der Waals surface area contributed by atoms with E-state index in [1.165, 1.54) is 6.07 Å². The number of nitrogens with two attached hydrogens (primary N) is 1. The van der Waals surface area contributed by atoms with E-state index < -0.39 is 5.82 Å². The number of rotatable bonds is 3. The molecule has 0 bridgehead atoms. The van der Waals surface area contributed by atoms with Gasteiger partial charge in [-0.1, -0.05) is 45.4 Å². The van der Waals surface area contributed by atoms with E-state index in [-0.39, 0.29) is 11.6 Å². The van der Waals surface area contributed by atoms with Gasteiger partial charge in [0.05, 0.1) is 11.3 Å². The highest BCUT2D eigenvalue weighted by Crippen LogP contribution is 2.27. The number of nitrogens with zero attached hydrogens (tertiary/aromatic N) is 2. The minimum atomic E-state index is -0.502. The van der Waals surface area contributed by atoms with Crippen LogP contribution in [0.25, 0.3) is 11.5 Å². The summed E-state index contributed by atoms with van der Waals surface area (Å²) in [5.74, 6) is 0.229. The Hall–Kier alpha value is -2.21. The molecule has 1 aromatic heterocycles. The van der Waals surface area contributed by atoms with E-state index in [0.717, 1.165) is 10.0 Å². The molecule has 0 fully saturated rings. The summed E-state index contributed by atoms with van der Waals surface area (Å²) in [6.07, 6.45) is 0.514. The Labute approximate surface area is 128 Å². The topological polar surface area (TPSA) is 64.9 Å². The Bertz CT molecular complexity index is 788. The number of aromatic nitrogens is 2. The quantitative estimate of drug-likeness (QED) is 0.731. The van der Waals surface area contributed by atoms with Gasteiger partial charge in [-0.3, -0.25) is 0 Å². The van der Waals surface area contributed by atoms with Gasteiger partial charge in [-0.15, -0.1) is 0 Å². The van der Waals surface area contributed by atoms with Gasteiger partial charge in [-0.25, -0.2) is 4.39 Å². The lowest BCUT2D eigenvalue weighted by Gasteiger charge is -2.01. The van der Waals surface area contributed by atoms with Crippen LogP contribution in [0.4, 0.5) is 10.1 Å². The normalized spacial score (nSPS) is 10.8. The molecule has 0 unspecified atom stereocenters. The molecule has 2 N–H and O–H groups in total. The van der Waals surface area contributed by atoms with E-state index in [1.807, 2.05) is 24.3 Å². The molecule has 0 amide bonds. The summed E-state index contributed by atoms with van der Waals surface area (Å²) in [5.41, 5.74) is 7.14. The van der Waals surface area contributed by atoms with Gasteiger partial charge < -0.3 is 10.3 Å². The largest absolute Gasteiger partial charge is 0.396 e. The standard InChI is InChI=1S/C15H11BrFN3O/c16-11-6-2-1-4-9(11)8-13-19-15(21-20-13)10-5-3-7-12(17)14(10)18/h1-7H,8,18H2. The van der Waals surface area contributed by atoms with Crippen LogP contribution < -0.4 is 5.73 Å². The Balaban J connectivity index is 1.90. The van der Waals surface area contributed by atoms with Crippen molar-refractivity contribution in [2.75, 3.05) is 5.73 Å². The van der Waals surface area contributed by atoms with Crippen LogP contribution in [0.5, 0.6) is 0 Å². The van der Waals surface area contributed by atoms with Crippen LogP contribution in [0.1, 0.15) is 11.4 Å².